The summed E-state index contributed by atoms with van der Waals surface area (Å²) in [4.78, 5) is 11.3. The Labute approximate surface area is 89.4 Å². The van der Waals surface area contributed by atoms with Crippen LogP contribution >= 0.6 is 0 Å². The first-order chi connectivity index (χ1) is 7.17. The lowest BCUT2D eigenvalue weighted by Gasteiger charge is -2.13. The Morgan fingerprint density at radius 1 is 1.73 bits per heavy atom. The number of nitrogens with one attached hydrogen (secondary N) is 1. The van der Waals surface area contributed by atoms with Crippen molar-refractivity contribution >= 4 is 5.97 Å². The van der Waals surface area contributed by atoms with Crippen LogP contribution in [-0.4, -0.2) is 28.9 Å². The fraction of sp³-hybridized carbons (Fsp3) is 0.600. The van der Waals surface area contributed by atoms with E-state index >= 15 is 0 Å². The SMILES string of the molecule is CCC(NCc1cnn(C)c1)C(=O)OC. The monoisotopic (exact) mass is 211 g/mol. The van der Waals surface area contributed by atoms with Crippen LogP contribution in [0, 0.1) is 0 Å². The van der Waals surface area contributed by atoms with Crippen molar-refractivity contribution in [3.05, 3.63) is 18.0 Å². The Morgan fingerprint density at radius 3 is 2.93 bits per heavy atom. The molecular weight excluding hydrogens is 194 g/mol. The molecule has 0 saturated carbocycles. The van der Waals surface area contributed by atoms with E-state index in [2.05, 4.69) is 15.2 Å². The molecule has 15 heavy (non-hydrogen) atoms. The van der Waals surface area contributed by atoms with Gasteiger partial charge >= 0.3 is 5.97 Å². The summed E-state index contributed by atoms with van der Waals surface area (Å²) in [7, 11) is 3.26. The minimum atomic E-state index is -0.241. The molecular formula is C10H17N3O2. The van der Waals surface area contributed by atoms with Gasteiger partial charge in [-0.25, -0.2) is 0 Å². The van der Waals surface area contributed by atoms with Crippen LogP contribution in [0.5, 0.6) is 0 Å². The molecule has 0 amide bonds. The number of aromatic nitrogens is 2. The fourth-order valence-corrected chi connectivity index (χ4v) is 1.34. The largest absolute Gasteiger partial charge is 0.468 e. The molecule has 0 aliphatic carbocycles. The highest BCUT2D eigenvalue weighted by Gasteiger charge is 2.15. The summed E-state index contributed by atoms with van der Waals surface area (Å²) in [6.45, 7) is 2.57. The number of ether oxygens (including phenoxy) is 1. The Bertz CT molecular complexity index is 322. The second-order valence-electron chi connectivity index (χ2n) is 3.39. The highest BCUT2D eigenvalue weighted by atomic mass is 16.5. The maximum absolute atomic E-state index is 11.3. The van der Waals surface area contributed by atoms with Crippen molar-refractivity contribution < 1.29 is 9.53 Å². The van der Waals surface area contributed by atoms with Crippen LogP contribution in [0.1, 0.15) is 18.9 Å². The van der Waals surface area contributed by atoms with E-state index in [1.165, 1.54) is 7.11 Å². The summed E-state index contributed by atoms with van der Waals surface area (Å²) in [5.74, 6) is -0.221. The third kappa shape index (κ3) is 3.36. The van der Waals surface area contributed by atoms with Crippen molar-refractivity contribution in [1.29, 1.82) is 0 Å². The molecule has 0 fully saturated rings. The number of methoxy groups -OCH3 is 1. The van der Waals surface area contributed by atoms with Crippen molar-refractivity contribution in [3.8, 4) is 0 Å². The zero-order chi connectivity index (χ0) is 11.3. The summed E-state index contributed by atoms with van der Waals surface area (Å²) < 4.78 is 6.41. The molecule has 1 heterocycles. The first-order valence-electron chi connectivity index (χ1n) is 4.96. The lowest BCUT2D eigenvalue weighted by Crippen LogP contribution is -2.36. The average molecular weight is 211 g/mol. The lowest BCUT2D eigenvalue weighted by molar-refractivity contribution is -0.143. The van der Waals surface area contributed by atoms with E-state index in [-0.39, 0.29) is 12.0 Å². The molecule has 1 rings (SSSR count). The van der Waals surface area contributed by atoms with Gasteiger partial charge in [-0.05, 0) is 6.42 Å². The molecule has 1 N–H and O–H groups in total. The Morgan fingerprint density at radius 2 is 2.47 bits per heavy atom. The van der Waals surface area contributed by atoms with Gasteiger partial charge in [0.05, 0.1) is 13.3 Å². The third-order valence-corrected chi connectivity index (χ3v) is 2.20. The van der Waals surface area contributed by atoms with E-state index in [1.54, 1.807) is 10.9 Å². The van der Waals surface area contributed by atoms with Crippen molar-refractivity contribution in [2.75, 3.05) is 7.11 Å². The van der Waals surface area contributed by atoms with Crippen molar-refractivity contribution in [2.45, 2.75) is 25.9 Å². The van der Waals surface area contributed by atoms with E-state index in [4.69, 9.17) is 0 Å². The average Bonchev–Trinajstić information content (AvgIpc) is 2.64. The lowest BCUT2D eigenvalue weighted by atomic mass is 10.2. The summed E-state index contributed by atoms with van der Waals surface area (Å²) in [6, 6.07) is -0.241. The van der Waals surface area contributed by atoms with Crippen LogP contribution in [0.4, 0.5) is 0 Å². The number of esters is 1. The number of rotatable bonds is 5. The quantitative estimate of drug-likeness (QED) is 0.719. The molecule has 0 saturated heterocycles. The smallest absolute Gasteiger partial charge is 0.322 e. The molecule has 1 unspecified atom stereocenters. The molecule has 5 heteroatoms. The maximum Gasteiger partial charge on any atom is 0.322 e. The molecule has 0 aliphatic heterocycles. The molecule has 1 aromatic rings. The summed E-state index contributed by atoms with van der Waals surface area (Å²) in [5.41, 5.74) is 1.06. The summed E-state index contributed by atoms with van der Waals surface area (Å²) >= 11 is 0. The second-order valence-corrected chi connectivity index (χ2v) is 3.39. The molecule has 0 radical (unpaired) electrons. The van der Waals surface area contributed by atoms with Crippen molar-refractivity contribution in [1.82, 2.24) is 15.1 Å². The molecule has 0 aromatic carbocycles. The third-order valence-electron chi connectivity index (χ3n) is 2.20. The van der Waals surface area contributed by atoms with Crippen LogP contribution in [0.2, 0.25) is 0 Å². The Kier molecular flexibility index (Phi) is 4.30. The standard InChI is InChI=1S/C10H17N3O2/c1-4-9(10(14)15-3)11-5-8-6-12-13(2)7-8/h6-7,9,11H,4-5H2,1-3H3. The number of nitrogens with zero attached hydrogens (tertiary/aromatic N) is 2. The number of aryl methyl sites for hydroxylation is 1. The van der Waals surface area contributed by atoms with E-state index in [1.807, 2.05) is 20.2 Å². The normalized spacial score (nSPS) is 12.5. The van der Waals surface area contributed by atoms with Crippen LogP contribution in [0.3, 0.4) is 0 Å². The first kappa shape index (κ1) is 11.7. The van der Waals surface area contributed by atoms with Crippen LogP contribution in [0.15, 0.2) is 12.4 Å². The molecule has 0 spiro atoms. The van der Waals surface area contributed by atoms with Crippen LogP contribution in [0.25, 0.3) is 0 Å². The van der Waals surface area contributed by atoms with Gasteiger partial charge in [-0.15, -0.1) is 0 Å². The van der Waals surface area contributed by atoms with Crippen LogP contribution < -0.4 is 5.32 Å². The predicted molar refractivity (Wildman–Crippen MR) is 56.1 cm³/mol. The van der Waals surface area contributed by atoms with Crippen LogP contribution in [-0.2, 0) is 23.1 Å². The van der Waals surface area contributed by atoms with E-state index in [0.717, 1.165) is 5.56 Å². The first-order valence-corrected chi connectivity index (χ1v) is 4.96. The second kappa shape index (κ2) is 5.50. The highest BCUT2D eigenvalue weighted by molar-refractivity contribution is 5.75. The van der Waals surface area contributed by atoms with Crippen molar-refractivity contribution in [2.24, 2.45) is 7.05 Å². The van der Waals surface area contributed by atoms with Gasteiger partial charge < -0.3 is 10.1 Å². The fourth-order valence-electron chi connectivity index (χ4n) is 1.34. The van der Waals surface area contributed by atoms with E-state index < -0.39 is 0 Å². The van der Waals surface area contributed by atoms with Gasteiger partial charge in [0.15, 0.2) is 0 Å². The van der Waals surface area contributed by atoms with E-state index in [0.29, 0.717) is 13.0 Å². The zero-order valence-electron chi connectivity index (χ0n) is 9.36. The molecule has 5 nitrogen and oxygen atoms in total. The Balaban J connectivity index is 2.44. The summed E-state index contributed by atoms with van der Waals surface area (Å²) in [6.07, 6.45) is 4.40. The number of hydrogen-bond donors (Lipinski definition) is 1. The minimum absolute atomic E-state index is 0.221. The van der Waals surface area contributed by atoms with Gasteiger partial charge in [-0.2, -0.15) is 5.10 Å². The molecule has 0 aliphatic rings. The van der Waals surface area contributed by atoms with E-state index in [9.17, 15) is 4.79 Å². The van der Waals surface area contributed by atoms with Gasteiger partial charge in [0, 0.05) is 25.4 Å². The maximum atomic E-state index is 11.3. The number of hydrogen-bond acceptors (Lipinski definition) is 4. The summed E-state index contributed by atoms with van der Waals surface area (Å²) in [5, 5.41) is 7.17. The molecule has 84 valence electrons. The van der Waals surface area contributed by atoms with Crippen molar-refractivity contribution in [3.63, 3.8) is 0 Å². The molecule has 0 bridgehead atoms. The minimum Gasteiger partial charge on any atom is -0.468 e. The van der Waals surface area contributed by atoms with Gasteiger partial charge in [0.2, 0.25) is 0 Å². The highest BCUT2D eigenvalue weighted by Crippen LogP contribution is 1.99. The van der Waals surface area contributed by atoms with Gasteiger partial charge in [0.1, 0.15) is 6.04 Å². The number of carbonyl (C=O) groups is 1. The zero-order valence-corrected chi connectivity index (χ0v) is 9.36. The van der Waals surface area contributed by atoms with Gasteiger partial charge in [0.25, 0.3) is 0 Å². The van der Waals surface area contributed by atoms with Gasteiger partial charge in [-0.1, -0.05) is 6.92 Å². The number of carbonyl (C=O) groups excluding carboxylic acids is 1. The molecule has 1 atom stereocenters. The predicted octanol–water partition coefficient (Wildman–Crippen LogP) is 0.461. The Hall–Kier alpha value is -1.36. The van der Waals surface area contributed by atoms with Gasteiger partial charge in [-0.3, -0.25) is 9.48 Å². The topological polar surface area (TPSA) is 56.2 Å². The molecule has 1 aromatic heterocycles.